The highest BCUT2D eigenvalue weighted by Gasteiger charge is 2.39. The Kier molecular flexibility index (Phi) is 5.06. The molecule has 3 rings (SSSR count). The van der Waals surface area contributed by atoms with Gasteiger partial charge in [-0.05, 0) is 42.3 Å². The second kappa shape index (κ2) is 7.23. The van der Waals surface area contributed by atoms with Gasteiger partial charge in [-0.3, -0.25) is 9.59 Å². The molecule has 1 N–H and O–H groups in total. The molecule has 0 unspecified atom stereocenters. The fraction of sp³-hybridized carbons (Fsp3) is 0.222. The zero-order valence-corrected chi connectivity index (χ0v) is 14.4. The molecule has 2 aromatic rings. The van der Waals surface area contributed by atoms with Gasteiger partial charge < -0.3 is 5.32 Å². The van der Waals surface area contributed by atoms with Crippen molar-refractivity contribution in [1.29, 1.82) is 0 Å². The van der Waals surface area contributed by atoms with E-state index in [0.29, 0.717) is 24.2 Å². The molecule has 0 bridgehead atoms. The van der Waals surface area contributed by atoms with Crippen LogP contribution < -0.4 is 10.2 Å². The van der Waals surface area contributed by atoms with Crippen LogP contribution in [-0.2, 0) is 16.0 Å². The second-order valence-electron chi connectivity index (χ2n) is 5.60. The van der Waals surface area contributed by atoms with Crippen molar-refractivity contribution in [3.8, 4) is 0 Å². The molecule has 124 valence electrons. The third kappa shape index (κ3) is 3.55. The minimum Gasteiger partial charge on any atom is -0.305 e. The fourth-order valence-corrected chi connectivity index (χ4v) is 3.00. The Bertz CT molecular complexity index is 764. The van der Waals surface area contributed by atoms with E-state index in [-0.39, 0.29) is 24.1 Å². The maximum absolute atomic E-state index is 13.6. The van der Waals surface area contributed by atoms with Crippen LogP contribution in [-0.4, -0.2) is 24.4 Å². The summed E-state index contributed by atoms with van der Waals surface area (Å²) in [4.78, 5) is 25.8. The first-order valence-corrected chi connectivity index (χ1v) is 8.45. The third-order valence-corrected chi connectivity index (χ3v) is 4.50. The average Bonchev–Trinajstić information content (AvgIpc) is 2.84. The van der Waals surface area contributed by atoms with Crippen molar-refractivity contribution in [2.24, 2.45) is 0 Å². The first-order valence-electron chi connectivity index (χ1n) is 7.65. The van der Waals surface area contributed by atoms with Gasteiger partial charge in [0.15, 0.2) is 0 Å². The quantitative estimate of drug-likeness (QED) is 0.798. The summed E-state index contributed by atoms with van der Waals surface area (Å²) in [7, 11) is 0. The van der Waals surface area contributed by atoms with Crippen molar-refractivity contribution in [2.75, 3.05) is 11.4 Å². The minimum atomic E-state index is -0.562. The van der Waals surface area contributed by atoms with E-state index in [0.717, 1.165) is 4.47 Å². The number of imide groups is 1. The molecule has 6 heteroatoms. The van der Waals surface area contributed by atoms with Gasteiger partial charge in [0, 0.05) is 11.0 Å². The van der Waals surface area contributed by atoms with Gasteiger partial charge in [-0.25, -0.2) is 9.29 Å². The molecule has 0 radical (unpaired) electrons. The molecule has 1 heterocycles. The molecule has 2 aromatic carbocycles. The number of carbonyl (C=O) groups is 2. The van der Waals surface area contributed by atoms with Crippen LogP contribution in [0, 0.1) is 5.82 Å². The van der Waals surface area contributed by atoms with Crippen LogP contribution in [0.4, 0.5) is 10.1 Å². The van der Waals surface area contributed by atoms with E-state index in [1.807, 2.05) is 0 Å². The average molecular weight is 391 g/mol. The summed E-state index contributed by atoms with van der Waals surface area (Å²) in [6.07, 6.45) is 0.578. The molecule has 0 aliphatic carbocycles. The van der Waals surface area contributed by atoms with E-state index in [2.05, 4.69) is 21.2 Å². The summed E-state index contributed by atoms with van der Waals surface area (Å²) >= 11 is 3.33. The van der Waals surface area contributed by atoms with Crippen molar-refractivity contribution in [3.05, 3.63) is 64.4 Å². The molecule has 24 heavy (non-hydrogen) atoms. The largest absolute Gasteiger partial charge is 0.305 e. The van der Waals surface area contributed by atoms with Crippen molar-refractivity contribution >= 4 is 33.4 Å². The SMILES string of the molecule is O=C1C[C@H](NCCc2ccccc2F)C(=O)N1c1ccc(Br)cc1. The van der Waals surface area contributed by atoms with Crippen molar-refractivity contribution in [1.82, 2.24) is 5.32 Å². The molecule has 0 aromatic heterocycles. The van der Waals surface area contributed by atoms with Crippen LogP contribution in [0.5, 0.6) is 0 Å². The van der Waals surface area contributed by atoms with Crippen molar-refractivity contribution in [3.63, 3.8) is 0 Å². The molecule has 0 saturated carbocycles. The molecular formula is C18H16BrFN2O2. The van der Waals surface area contributed by atoms with Crippen LogP contribution >= 0.6 is 15.9 Å². The Labute approximate surface area is 147 Å². The zero-order chi connectivity index (χ0) is 17.1. The van der Waals surface area contributed by atoms with Crippen LogP contribution in [0.25, 0.3) is 0 Å². The lowest BCUT2D eigenvalue weighted by Gasteiger charge is -2.15. The highest BCUT2D eigenvalue weighted by atomic mass is 79.9. The lowest BCUT2D eigenvalue weighted by Crippen LogP contribution is -2.39. The topological polar surface area (TPSA) is 49.4 Å². The normalized spacial score (nSPS) is 17.6. The molecule has 0 spiro atoms. The summed E-state index contributed by atoms with van der Waals surface area (Å²) < 4.78 is 14.5. The van der Waals surface area contributed by atoms with E-state index in [1.54, 1.807) is 42.5 Å². The molecule has 4 nitrogen and oxygen atoms in total. The van der Waals surface area contributed by atoms with Crippen molar-refractivity contribution in [2.45, 2.75) is 18.9 Å². The summed E-state index contributed by atoms with van der Waals surface area (Å²) in [6, 6.07) is 13.0. The van der Waals surface area contributed by atoms with E-state index < -0.39 is 6.04 Å². The Hall–Kier alpha value is -2.05. The van der Waals surface area contributed by atoms with Gasteiger partial charge in [0.05, 0.1) is 18.2 Å². The van der Waals surface area contributed by atoms with E-state index in [9.17, 15) is 14.0 Å². The monoisotopic (exact) mass is 390 g/mol. The maximum Gasteiger partial charge on any atom is 0.251 e. The predicted octanol–water partition coefficient (Wildman–Crippen LogP) is 3.05. The number of anilines is 1. The number of nitrogens with one attached hydrogen (secondary N) is 1. The highest BCUT2D eigenvalue weighted by Crippen LogP contribution is 2.24. The molecule has 1 saturated heterocycles. The minimum absolute atomic E-state index is 0.117. The summed E-state index contributed by atoms with van der Waals surface area (Å²) in [5.74, 6) is -0.758. The number of hydrogen-bond acceptors (Lipinski definition) is 3. The smallest absolute Gasteiger partial charge is 0.251 e. The lowest BCUT2D eigenvalue weighted by atomic mass is 10.1. The Morgan fingerprint density at radius 1 is 1.12 bits per heavy atom. The summed E-state index contributed by atoms with van der Waals surface area (Å²) in [6.45, 7) is 0.429. The van der Waals surface area contributed by atoms with Gasteiger partial charge >= 0.3 is 0 Å². The van der Waals surface area contributed by atoms with Gasteiger partial charge in [-0.2, -0.15) is 0 Å². The van der Waals surface area contributed by atoms with Gasteiger partial charge in [0.25, 0.3) is 5.91 Å². The Morgan fingerprint density at radius 2 is 1.83 bits per heavy atom. The second-order valence-corrected chi connectivity index (χ2v) is 6.51. The highest BCUT2D eigenvalue weighted by molar-refractivity contribution is 9.10. The van der Waals surface area contributed by atoms with E-state index in [1.165, 1.54) is 11.0 Å². The number of halogens is 2. The molecule has 1 aliphatic heterocycles. The zero-order valence-electron chi connectivity index (χ0n) is 12.8. The van der Waals surface area contributed by atoms with Gasteiger partial charge in [-0.15, -0.1) is 0 Å². The third-order valence-electron chi connectivity index (χ3n) is 3.97. The summed E-state index contributed by atoms with van der Waals surface area (Å²) in [5.41, 5.74) is 1.15. The van der Waals surface area contributed by atoms with Crippen LogP contribution in [0.15, 0.2) is 53.0 Å². The van der Waals surface area contributed by atoms with E-state index in [4.69, 9.17) is 0 Å². The summed E-state index contributed by atoms with van der Waals surface area (Å²) in [5, 5.41) is 3.06. The fourth-order valence-electron chi connectivity index (χ4n) is 2.74. The van der Waals surface area contributed by atoms with Gasteiger partial charge in [-0.1, -0.05) is 34.1 Å². The molecular weight excluding hydrogens is 375 g/mol. The number of amides is 2. The van der Waals surface area contributed by atoms with Gasteiger partial charge in [0.1, 0.15) is 5.82 Å². The number of hydrogen-bond donors (Lipinski definition) is 1. The molecule has 1 fully saturated rings. The molecule has 1 atom stereocenters. The number of nitrogens with zero attached hydrogens (tertiary/aromatic N) is 1. The van der Waals surface area contributed by atoms with Crippen LogP contribution in [0.1, 0.15) is 12.0 Å². The Morgan fingerprint density at radius 3 is 2.54 bits per heavy atom. The maximum atomic E-state index is 13.6. The standard InChI is InChI=1S/C18H16BrFN2O2/c19-13-5-7-14(8-6-13)22-17(23)11-16(18(22)24)21-10-9-12-3-1-2-4-15(12)20/h1-8,16,21H,9-11H2/t16-/m0/s1. The first-order chi connectivity index (χ1) is 11.6. The lowest BCUT2D eigenvalue weighted by molar-refractivity contribution is -0.121. The molecule has 2 amide bonds. The predicted molar refractivity (Wildman–Crippen MR) is 93.1 cm³/mol. The van der Waals surface area contributed by atoms with Crippen molar-refractivity contribution < 1.29 is 14.0 Å². The Balaban J connectivity index is 1.62. The van der Waals surface area contributed by atoms with E-state index >= 15 is 0 Å². The molecule has 1 aliphatic rings. The van der Waals surface area contributed by atoms with Crippen LogP contribution in [0.2, 0.25) is 0 Å². The van der Waals surface area contributed by atoms with Crippen LogP contribution in [0.3, 0.4) is 0 Å². The number of rotatable bonds is 5. The number of benzene rings is 2. The number of carbonyl (C=O) groups excluding carboxylic acids is 2. The van der Waals surface area contributed by atoms with Gasteiger partial charge in [0.2, 0.25) is 5.91 Å². The first kappa shape index (κ1) is 16.8.